The Hall–Kier alpha value is -2.02. The average molecular weight is 302 g/mol. The van der Waals surface area contributed by atoms with Gasteiger partial charge in [0.2, 0.25) is 0 Å². The summed E-state index contributed by atoms with van der Waals surface area (Å²) in [5.74, 6) is -1.47. The van der Waals surface area contributed by atoms with Gasteiger partial charge in [-0.1, -0.05) is 0 Å². The Morgan fingerprint density at radius 1 is 1.10 bits per heavy atom. The molecule has 1 atom stereocenters. The van der Waals surface area contributed by atoms with Gasteiger partial charge in [-0.15, -0.1) is 0 Å². The molecule has 0 bridgehead atoms. The molecule has 0 radical (unpaired) electrons. The van der Waals surface area contributed by atoms with Gasteiger partial charge in [0.1, 0.15) is 11.6 Å². The number of alkyl halides is 3. The van der Waals surface area contributed by atoms with Crippen molar-refractivity contribution in [3.63, 3.8) is 0 Å². The zero-order valence-electron chi connectivity index (χ0n) is 10.9. The van der Waals surface area contributed by atoms with Crippen molar-refractivity contribution in [1.29, 1.82) is 0 Å². The van der Waals surface area contributed by atoms with Gasteiger partial charge in [-0.2, -0.15) is 13.2 Å². The lowest BCUT2D eigenvalue weighted by Crippen LogP contribution is -2.20. The highest BCUT2D eigenvalue weighted by Crippen LogP contribution is 2.33. The van der Waals surface area contributed by atoms with Gasteiger partial charge in [0, 0.05) is 11.8 Å². The van der Waals surface area contributed by atoms with Crippen molar-refractivity contribution in [3.8, 4) is 0 Å². The van der Waals surface area contributed by atoms with Crippen molar-refractivity contribution in [1.82, 2.24) is 10.3 Å². The number of pyridine rings is 1. The number of rotatable bonds is 3. The van der Waals surface area contributed by atoms with E-state index in [-0.39, 0.29) is 11.1 Å². The van der Waals surface area contributed by atoms with Crippen LogP contribution in [0.2, 0.25) is 0 Å². The minimum atomic E-state index is -4.58. The van der Waals surface area contributed by atoms with E-state index >= 15 is 0 Å². The summed E-state index contributed by atoms with van der Waals surface area (Å²) in [7, 11) is 1.44. The molecule has 1 aromatic heterocycles. The molecule has 0 saturated heterocycles. The third-order valence-corrected chi connectivity index (χ3v) is 2.98. The number of halogens is 5. The van der Waals surface area contributed by atoms with Gasteiger partial charge in [-0.05, 0) is 36.9 Å². The summed E-state index contributed by atoms with van der Waals surface area (Å²) in [6.07, 6.45) is -2.36. The van der Waals surface area contributed by atoms with Crippen molar-refractivity contribution in [2.75, 3.05) is 7.05 Å². The van der Waals surface area contributed by atoms with E-state index in [1.165, 1.54) is 13.2 Å². The second-order valence-corrected chi connectivity index (χ2v) is 4.39. The first-order valence-corrected chi connectivity index (χ1v) is 5.97. The minimum absolute atomic E-state index is 0.222. The van der Waals surface area contributed by atoms with Crippen LogP contribution in [0, 0.1) is 11.6 Å². The first kappa shape index (κ1) is 15.4. The second kappa shape index (κ2) is 5.77. The highest BCUT2D eigenvalue weighted by Gasteiger charge is 2.32. The number of aromatic nitrogens is 1. The number of benzene rings is 1. The molecule has 1 aromatic carbocycles. The fraction of sp³-hybridized carbons (Fsp3) is 0.214. The summed E-state index contributed by atoms with van der Waals surface area (Å²) in [6.45, 7) is 0. The van der Waals surface area contributed by atoms with E-state index in [0.29, 0.717) is 12.1 Å². The molecule has 21 heavy (non-hydrogen) atoms. The summed E-state index contributed by atoms with van der Waals surface area (Å²) < 4.78 is 65.2. The Morgan fingerprint density at radius 2 is 1.81 bits per heavy atom. The quantitative estimate of drug-likeness (QED) is 0.875. The summed E-state index contributed by atoms with van der Waals surface area (Å²) in [5.41, 5.74) is -0.959. The number of hydrogen-bond donors (Lipinski definition) is 1. The van der Waals surface area contributed by atoms with Crippen LogP contribution in [0.25, 0.3) is 0 Å². The predicted molar refractivity (Wildman–Crippen MR) is 66.5 cm³/mol. The van der Waals surface area contributed by atoms with Gasteiger partial charge in [0.25, 0.3) is 0 Å². The molecule has 2 rings (SSSR count). The maximum atomic E-state index is 13.9. The molecule has 112 valence electrons. The zero-order chi connectivity index (χ0) is 15.6. The normalized spacial score (nSPS) is 13.2. The summed E-state index contributed by atoms with van der Waals surface area (Å²) >= 11 is 0. The fourth-order valence-corrected chi connectivity index (χ4v) is 2.03. The molecule has 2 aromatic rings. The van der Waals surface area contributed by atoms with Crippen LogP contribution in [-0.4, -0.2) is 12.0 Å². The Kier molecular flexibility index (Phi) is 4.22. The Balaban J connectivity index is 2.52. The van der Waals surface area contributed by atoms with Gasteiger partial charge < -0.3 is 5.32 Å². The van der Waals surface area contributed by atoms with E-state index in [9.17, 15) is 22.0 Å². The second-order valence-electron chi connectivity index (χ2n) is 4.39. The van der Waals surface area contributed by atoms with Gasteiger partial charge in [0.05, 0.1) is 17.8 Å². The number of nitrogens with one attached hydrogen (secondary N) is 1. The van der Waals surface area contributed by atoms with Crippen LogP contribution < -0.4 is 5.32 Å². The number of nitrogens with zero attached hydrogens (tertiary/aromatic N) is 1. The average Bonchev–Trinajstić information content (AvgIpc) is 2.40. The molecule has 1 unspecified atom stereocenters. The molecule has 1 heterocycles. The van der Waals surface area contributed by atoms with Crippen LogP contribution in [0.15, 0.2) is 36.7 Å². The lowest BCUT2D eigenvalue weighted by Gasteiger charge is -2.19. The van der Waals surface area contributed by atoms with Crippen LogP contribution in [0.5, 0.6) is 0 Å². The third kappa shape index (κ3) is 3.36. The van der Waals surface area contributed by atoms with Crippen LogP contribution in [0.1, 0.15) is 22.7 Å². The lowest BCUT2D eigenvalue weighted by atomic mass is 9.97. The Bertz CT molecular complexity index is 640. The van der Waals surface area contributed by atoms with Crippen LogP contribution in [-0.2, 0) is 6.18 Å². The van der Waals surface area contributed by atoms with Gasteiger partial charge in [-0.3, -0.25) is 4.98 Å². The minimum Gasteiger partial charge on any atom is -0.309 e. The molecule has 0 aliphatic heterocycles. The van der Waals surface area contributed by atoms with E-state index in [2.05, 4.69) is 10.3 Å². The predicted octanol–water partition coefficient (Wildman–Crippen LogP) is 3.69. The first-order chi connectivity index (χ1) is 9.82. The molecule has 7 heteroatoms. The molecule has 1 N–H and O–H groups in total. The smallest absolute Gasteiger partial charge is 0.309 e. The van der Waals surface area contributed by atoms with E-state index < -0.39 is 29.4 Å². The zero-order valence-corrected chi connectivity index (χ0v) is 10.9. The molecule has 2 nitrogen and oxygen atoms in total. The van der Waals surface area contributed by atoms with E-state index in [0.717, 1.165) is 18.3 Å². The molecule has 0 aliphatic rings. The van der Waals surface area contributed by atoms with Crippen molar-refractivity contribution in [2.24, 2.45) is 0 Å². The largest absolute Gasteiger partial charge is 0.416 e. The Morgan fingerprint density at radius 3 is 2.38 bits per heavy atom. The van der Waals surface area contributed by atoms with Crippen molar-refractivity contribution in [3.05, 3.63) is 65.0 Å². The van der Waals surface area contributed by atoms with Crippen LogP contribution >= 0.6 is 0 Å². The summed E-state index contributed by atoms with van der Waals surface area (Å²) in [6, 6.07) is 2.27. The fourth-order valence-electron chi connectivity index (χ4n) is 2.03. The standard InChI is InChI=1S/C14H11F5N2/c1-20-13(8-4-10(15)7-21-6-8)11-5-9(14(17,18)19)2-3-12(11)16/h2-7,13,20H,1H3. The summed E-state index contributed by atoms with van der Waals surface area (Å²) in [5, 5.41) is 2.67. The number of hydrogen-bond acceptors (Lipinski definition) is 2. The maximum Gasteiger partial charge on any atom is 0.416 e. The topological polar surface area (TPSA) is 24.9 Å². The molecule has 0 aliphatic carbocycles. The van der Waals surface area contributed by atoms with E-state index in [1.807, 2.05) is 0 Å². The maximum absolute atomic E-state index is 13.9. The molecule has 0 amide bonds. The lowest BCUT2D eigenvalue weighted by molar-refractivity contribution is -0.137. The molecular weight excluding hydrogens is 291 g/mol. The highest BCUT2D eigenvalue weighted by atomic mass is 19.4. The van der Waals surface area contributed by atoms with Crippen molar-refractivity contribution >= 4 is 0 Å². The van der Waals surface area contributed by atoms with Crippen LogP contribution in [0.3, 0.4) is 0 Å². The molecule has 0 fully saturated rings. The van der Waals surface area contributed by atoms with E-state index in [4.69, 9.17) is 0 Å². The van der Waals surface area contributed by atoms with Gasteiger partial charge >= 0.3 is 6.18 Å². The van der Waals surface area contributed by atoms with Crippen LogP contribution in [0.4, 0.5) is 22.0 Å². The SMILES string of the molecule is CNC(c1cncc(F)c1)c1cc(C(F)(F)F)ccc1F. The first-order valence-electron chi connectivity index (χ1n) is 5.97. The molecule has 0 spiro atoms. The Labute approximate surface area is 117 Å². The third-order valence-electron chi connectivity index (χ3n) is 2.98. The van der Waals surface area contributed by atoms with Crippen molar-refractivity contribution in [2.45, 2.75) is 12.2 Å². The summed E-state index contributed by atoms with van der Waals surface area (Å²) in [4.78, 5) is 3.62. The van der Waals surface area contributed by atoms with Gasteiger partial charge in [0.15, 0.2) is 0 Å². The molecule has 0 saturated carbocycles. The highest BCUT2D eigenvalue weighted by molar-refractivity contribution is 5.35. The monoisotopic (exact) mass is 302 g/mol. The van der Waals surface area contributed by atoms with E-state index in [1.54, 1.807) is 0 Å². The molecular formula is C14H11F5N2. The van der Waals surface area contributed by atoms with Gasteiger partial charge in [-0.25, -0.2) is 8.78 Å². The van der Waals surface area contributed by atoms with Crippen molar-refractivity contribution < 1.29 is 22.0 Å².